The van der Waals surface area contributed by atoms with Crippen molar-refractivity contribution in [3.63, 3.8) is 0 Å². The molecular formula is C10H18N2O3. The second kappa shape index (κ2) is 5.11. The third-order valence-electron chi connectivity index (χ3n) is 2.28. The maximum absolute atomic E-state index is 11.6. The molecule has 1 rings (SSSR count). The Balaban J connectivity index is 2.59. The molecule has 0 spiro atoms. The Morgan fingerprint density at radius 3 is 2.80 bits per heavy atom. The Bertz CT molecular complexity index is 253. The summed E-state index contributed by atoms with van der Waals surface area (Å²) in [5.74, 6) is -0.368. The molecule has 0 radical (unpaired) electrons. The fourth-order valence-corrected chi connectivity index (χ4v) is 1.58. The zero-order valence-corrected chi connectivity index (χ0v) is 9.37. The summed E-state index contributed by atoms with van der Waals surface area (Å²) in [6, 6.07) is -0.590. The summed E-state index contributed by atoms with van der Waals surface area (Å²) >= 11 is 0. The van der Waals surface area contributed by atoms with Crippen LogP contribution < -0.4 is 10.6 Å². The third-order valence-corrected chi connectivity index (χ3v) is 2.28. The normalized spacial score (nSPS) is 26.3. The highest BCUT2D eigenvalue weighted by atomic mass is 16.5. The number of ether oxygens (including phenoxy) is 1. The number of rotatable bonds is 3. The zero-order chi connectivity index (χ0) is 11.4. The number of piperazine rings is 1. The van der Waals surface area contributed by atoms with Crippen molar-refractivity contribution in [3.8, 4) is 0 Å². The van der Waals surface area contributed by atoms with Gasteiger partial charge in [0.2, 0.25) is 5.91 Å². The maximum atomic E-state index is 11.6. The molecule has 15 heavy (non-hydrogen) atoms. The number of esters is 1. The highest BCUT2D eigenvalue weighted by molar-refractivity contribution is 5.84. The fraction of sp³-hybridized carbons (Fsp3) is 0.800. The van der Waals surface area contributed by atoms with Crippen LogP contribution in [-0.4, -0.2) is 36.6 Å². The van der Waals surface area contributed by atoms with E-state index in [0.29, 0.717) is 6.42 Å². The predicted molar refractivity (Wildman–Crippen MR) is 55.2 cm³/mol. The summed E-state index contributed by atoms with van der Waals surface area (Å²) in [7, 11) is 0. The van der Waals surface area contributed by atoms with Crippen LogP contribution in [0.15, 0.2) is 0 Å². The van der Waals surface area contributed by atoms with Gasteiger partial charge in [0, 0.05) is 0 Å². The molecule has 1 amide bonds. The molecule has 1 heterocycles. The van der Waals surface area contributed by atoms with Gasteiger partial charge < -0.3 is 10.1 Å². The van der Waals surface area contributed by atoms with Gasteiger partial charge in [0.05, 0.1) is 18.7 Å². The van der Waals surface area contributed by atoms with Crippen LogP contribution in [-0.2, 0) is 14.3 Å². The van der Waals surface area contributed by atoms with Crippen molar-refractivity contribution in [3.05, 3.63) is 0 Å². The van der Waals surface area contributed by atoms with Crippen LogP contribution in [0.2, 0.25) is 0 Å². The Hall–Kier alpha value is -1.10. The molecule has 86 valence electrons. The first-order valence-corrected chi connectivity index (χ1v) is 5.27. The van der Waals surface area contributed by atoms with Crippen molar-refractivity contribution < 1.29 is 14.3 Å². The minimum absolute atomic E-state index is 0.0737. The maximum Gasteiger partial charge on any atom is 0.325 e. The van der Waals surface area contributed by atoms with Crippen molar-refractivity contribution in [2.75, 3.05) is 6.54 Å². The lowest BCUT2D eigenvalue weighted by molar-refractivity contribution is -0.152. The molecule has 5 heteroatoms. The van der Waals surface area contributed by atoms with Crippen LogP contribution in [0.5, 0.6) is 0 Å². The van der Waals surface area contributed by atoms with E-state index in [2.05, 4.69) is 10.6 Å². The molecule has 2 atom stereocenters. The van der Waals surface area contributed by atoms with Crippen LogP contribution in [0.3, 0.4) is 0 Å². The molecule has 5 nitrogen and oxygen atoms in total. The zero-order valence-electron chi connectivity index (χ0n) is 9.37. The summed E-state index contributed by atoms with van der Waals surface area (Å²) in [5.41, 5.74) is 0. The van der Waals surface area contributed by atoms with E-state index in [1.807, 2.05) is 6.92 Å². The Kier molecular flexibility index (Phi) is 4.08. The van der Waals surface area contributed by atoms with E-state index in [9.17, 15) is 9.59 Å². The first kappa shape index (κ1) is 12.0. The van der Waals surface area contributed by atoms with Crippen LogP contribution >= 0.6 is 0 Å². The number of hydrogen-bond donors (Lipinski definition) is 2. The average molecular weight is 214 g/mol. The fourth-order valence-electron chi connectivity index (χ4n) is 1.58. The molecule has 1 aliphatic rings. The summed E-state index contributed by atoms with van der Waals surface area (Å²) in [5, 5.41) is 5.66. The summed E-state index contributed by atoms with van der Waals surface area (Å²) in [6.45, 7) is 5.71. The first-order valence-electron chi connectivity index (χ1n) is 5.27. The van der Waals surface area contributed by atoms with E-state index in [0.717, 1.165) is 0 Å². The lowest BCUT2D eigenvalue weighted by atomic mass is 10.0. The van der Waals surface area contributed by atoms with E-state index in [1.165, 1.54) is 0 Å². The predicted octanol–water partition coefficient (Wildman–Crippen LogP) is -0.195. The Morgan fingerprint density at radius 2 is 2.27 bits per heavy atom. The quantitative estimate of drug-likeness (QED) is 0.639. The summed E-state index contributed by atoms with van der Waals surface area (Å²) in [6.07, 6.45) is 0.575. The topological polar surface area (TPSA) is 67.4 Å². The van der Waals surface area contributed by atoms with Crippen molar-refractivity contribution in [2.45, 2.75) is 45.4 Å². The van der Waals surface area contributed by atoms with E-state index in [4.69, 9.17) is 4.74 Å². The van der Waals surface area contributed by atoms with Gasteiger partial charge in [0.25, 0.3) is 0 Å². The third kappa shape index (κ3) is 3.20. The molecule has 0 aliphatic carbocycles. The van der Waals surface area contributed by atoms with Gasteiger partial charge in [0.1, 0.15) is 6.04 Å². The van der Waals surface area contributed by atoms with Crippen LogP contribution in [0, 0.1) is 0 Å². The van der Waals surface area contributed by atoms with E-state index in [1.54, 1.807) is 13.8 Å². The SMILES string of the molecule is CCC1NC(=O)CNC1C(=O)OC(C)C. The van der Waals surface area contributed by atoms with Gasteiger partial charge in [-0.15, -0.1) is 0 Å². The molecule has 0 bridgehead atoms. The van der Waals surface area contributed by atoms with E-state index < -0.39 is 6.04 Å². The highest BCUT2D eigenvalue weighted by Crippen LogP contribution is 2.06. The molecule has 1 fully saturated rings. The van der Waals surface area contributed by atoms with Gasteiger partial charge in [-0.3, -0.25) is 14.9 Å². The number of nitrogens with one attached hydrogen (secondary N) is 2. The van der Waals surface area contributed by atoms with Gasteiger partial charge in [-0.2, -0.15) is 0 Å². The van der Waals surface area contributed by atoms with Gasteiger partial charge in [0.15, 0.2) is 0 Å². The Morgan fingerprint density at radius 1 is 1.60 bits per heavy atom. The number of carbonyl (C=O) groups excluding carboxylic acids is 2. The lowest BCUT2D eigenvalue weighted by Gasteiger charge is -2.31. The van der Waals surface area contributed by atoms with Crippen LogP contribution in [0.25, 0.3) is 0 Å². The molecule has 0 aromatic heterocycles. The second-order valence-corrected chi connectivity index (χ2v) is 3.93. The van der Waals surface area contributed by atoms with Crippen molar-refractivity contribution in [2.24, 2.45) is 0 Å². The van der Waals surface area contributed by atoms with Gasteiger partial charge in [-0.1, -0.05) is 6.92 Å². The summed E-state index contributed by atoms with van der Waals surface area (Å²) < 4.78 is 5.10. The first-order chi connectivity index (χ1) is 7.04. The molecule has 2 unspecified atom stereocenters. The molecule has 0 saturated carbocycles. The van der Waals surface area contributed by atoms with Gasteiger partial charge in [-0.25, -0.2) is 0 Å². The largest absolute Gasteiger partial charge is 0.462 e. The Labute approximate surface area is 89.6 Å². The van der Waals surface area contributed by atoms with Gasteiger partial charge in [-0.05, 0) is 20.3 Å². The standard InChI is InChI=1S/C10H18N2O3/c1-4-7-9(10(14)15-6(2)3)11-5-8(13)12-7/h6-7,9,11H,4-5H2,1-3H3,(H,12,13). The van der Waals surface area contributed by atoms with Crippen molar-refractivity contribution in [1.82, 2.24) is 10.6 Å². The number of hydrogen-bond acceptors (Lipinski definition) is 4. The van der Waals surface area contributed by atoms with Gasteiger partial charge >= 0.3 is 5.97 Å². The monoisotopic (exact) mass is 214 g/mol. The summed E-state index contributed by atoms with van der Waals surface area (Å²) in [4.78, 5) is 22.7. The average Bonchev–Trinajstić information content (AvgIpc) is 2.16. The van der Waals surface area contributed by atoms with Crippen molar-refractivity contribution >= 4 is 11.9 Å². The minimum atomic E-state index is -0.421. The lowest BCUT2D eigenvalue weighted by Crippen LogP contribution is -2.62. The molecule has 1 saturated heterocycles. The molecule has 0 aromatic carbocycles. The van der Waals surface area contributed by atoms with Crippen LogP contribution in [0.4, 0.5) is 0 Å². The number of carbonyl (C=O) groups is 2. The minimum Gasteiger partial charge on any atom is -0.462 e. The van der Waals surface area contributed by atoms with Crippen LogP contribution in [0.1, 0.15) is 27.2 Å². The smallest absolute Gasteiger partial charge is 0.325 e. The molecule has 0 aromatic rings. The second-order valence-electron chi connectivity index (χ2n) is 3.93. The van der Waals surface area contributed by atoms with Crippen molar-refractivity contribution in [1.29, 1.82) is 0 Å². The highest BCUT2D eigenvalue weighted by Gasteiger charge is 2.33. The molecular weight excluding hydrogens is 196 g/mol. The van der Waals surface area contributed by atoms with E-state index in [-0.39, 0.29) is 30.6 Å². The molecule has 1 aliphatic heterocycles. The van der Waals surface area contributed by atoms with E-state index >= 15 is 0 Å². The number of amides is 1. The molecule has 2 N–H and O–H groups in total.